The molecule has 1 aromatic rings. The van der Waals surface area contributed by atoms with Crippen molar-refractivity contribution in [2.45, 2.75) is 18.8 Å². The van der Waals surface area contributed by atoms with E-state index >= 15 is 0 Å². The summed E-state index contributed by atoms with van der Waals surface area (Å²) in [7, 11) is 3.79. The third kappa shape index (κ3) is 2.52. The molecule has 1 fully saturated rings. The Hall–Kier alpha value is -1.30. The molecule has 1 N–H and O–H groups in total. The van der Waals surface area contributed by atoms with Gasteiger partial charge >= 0.3 is 6.09 Å². The zero-order chi connectivity index (χ0) is 12.4. The van der Waals surface area contributed by atoms with Crippen molar-refractivity contribution in [3.8, 4) is 0 Å². The summed E-state index contributed by atoms with van der Waals surface area (Å²) in [6.45, 7) is 1.28. The Labute approximate surface area is 104 Å². The lowest BCUT2D eigenvalue weighted by atomic mass is 9.96. The van der Waals surface area contributed by atoms with Crippen LogP contribution in [0, 0.1) is 0 Å². The number of thiazole rings is 1. The number of nitrogens with zero attached hydrogens (tertiary/aromatic N) is 3. The van der Waals surface area contributed by atoms with Crippen LogP contribution >= 0.6 is 11.3 Å². The van der Waals surface area contributed by atoms with E-state index in [-0.39, 0.29) is 0 Å². The standard InChI is InChI=1S/C11H17N3O2S/c1-12-10-13(2)7-9(17-10)8-3-5-14(6-4-8)11(15)16/h7-8H,3-6H2,1-2H3,(H,15,16). The molecule has 0 unspecified atom stereocenters. The van der Waals surface area contributed by atoms with Gasteiger partial charge in [0.1, 0.15) is 0 Å². The van der Waals surface area contributed by atoms with Crippen molar-refractivity contribution in [1.82, 2.24) is 9.47 Å². The Morgan fingerprint density at radius 3 is 2.65 bits per heavy atom. The number of rotatable bonds is 1. The van der Waals surface area contributed by atoms with E-state index < -0.39 is 6.09 Å². The fourth-order valence-electron chi connectivity index (χ4n) is 2.20. The lowest BCUT2D eigenvalue weighted by Crippen LogP contribution is -2.36. The predicted molar refractivity (Wildman–Crippen MR) is 66.3 cm³/mol. The first-order valence-electron chi connectivity index (χ1n) is 5.69. The van der Waals surface area contributed by atoms with Crippen LogP contribution in [0.5, 0.6) is 0 Å². The van der Waals surface area contributed by atoms with E-state index in [9.17, 15) is 4.79 Å². The third-order valence-corrected chi connectivity index (χ3v) is 4.52. The number of hydrogen-bond acceptors (Lipinski definition) is 3. The van der Waals surface area contributed by atoms with Crippen molar-refractivity contribution in [3.05, 3.63) is 15.9 Å². The summed E-state index contributed by atoms with van der Waals surface area (Å²) in [4.78, 5) is 18.8. The van der Waals surface area contributed by atoms with Gasteiger partial charge in [-0.1, -0.05) is 0 Å². The van der Waals surface area contributed by atoms with Crippen molar-refractivity contribution < 1.29 is 9.90 Å². The maximum atomic E-state index is 10.8. The van der Waals surface area contributed by atoms with Crippen LogP contribution < -0.4 is 4.80 Å². The molecule has 5 nitrogen and oxygen atoms in total. The molecule has 0 radical (unpaired) electrons. The summed E-state index contributed by atoms with van der Waals surface area (Å²) in [6, 6.07) is 0. The summed E-state index contributed by atoms with van der Waals surface area (Å²) in [6.07, 6.45) is 3.14. The van der Waals surface area contributed by atoms with Gasteiger partial charge in [0.15, 0.2) is 4.80 Å². The normalized spacial score (nSPS) is 18.7. The molecule has 0 spiro atoms. The van der Waals surface area contributed by atoms with Crippen LogP contribution in [0.3, 0.4) is 0 Å². The van der Waals surface area contributed by atoms with Crippen molar-refractivity contribution in [2.75, 3.05) is 20.1 Å². The molecule has 0 saturated carbocycles. The third-order valence-electron chi connectivity index (χ3n) is 3.19. The summed E-state index contributed by atoms with van der Waals surface area (Å²) < 4.78 is 2.03. The molecule has 0 aliphatic carbocycles. The molecule has 94 valence electrons. The molecule has 6 heteroatoms. The lowest BCUT2D eigenvalue weighted by Gasteiger charge is -2.29. The number of carboxylic acid groups (broad SMARTS) is 1. The van der Waals surface area contributed by atoms with E-state index in [4.69, 9.17) is 5.11 Å². The lowest BCUT2D eigenvalue weighted by molar-refractivity contribution is 0.132. The topological polar surface area (TPSA) is 57.8 Å². The van der Waals surface area contributed by atoms with Crippen LogP contribution in [0.2, 0.25) is 0 Å². The summed E-state index contributed by atoms with van der Waals surface area (Å²) in [5.74, 6) is 0.484. The fraction of sp³-hybridized carbons (Fsp3) is 0.636. The monoisotopic (exact) mass is 255 g/mol. The summed E-state index contributed by atoms with van der Waals surface area (Å²) in [5, 5.41) is 8.89. The van der Waals surface area contributed by atoms with Gasteiger partial charge in [-0.15, -0.1) is 11.3 Å². The number of aromatic nitrogens is 1. The Morgan fingerprint density at radius 1 is 1.53 bits per heavy atom. The van der Waals surface area contributed by atoms with Gasteiger partial charge < -0.3 is 14.6 Å². The molecule has 17 heavy (non-hydrogen) atoms. The minimum absolute atomic E-state index is 0.484. The quantitative estimate of drug-likeness (QED) is 0.826. The van der Waals surface area contributed by atoms with Crippen LogP contribution in [-0.4, -0.2) is 40.8 Å². The van der Waals surface area contributed by atoms with Gasteiger partial charge in [-0.2, -0.15) is 0 Å². The first-order valence-corrected chi connectivity index (χ1v) is 6.50. The first kappa shape index (κ1) is 12.2. The number of hydrogen-bond donors (Lipinski definition) is 1. The van der Waals surface area contributed by atoms with Crippen LogP contribution in [0.1, 0.15) is 23.6 Å². The van der Waals surface area contributed by atoms with Crippen LogP contribution in [0.15, 0.2) is 11.2 Å². The second kappa shape index (κ2) is 4.91. The molecule has 1 aromatic heterocycles. The van der Waals surface area contributed by atoms with Crippen LogP contribution in [-0.2, 0) is 7.05 Å². The highest BCUT2D eigenvalue weighted by atomic mass is 32.1. The van der Waals surface area contributed by atoms with E-state index in [0.29, 0.717) is 19.0 Å². The Bertz CT molecular complexity index is 469. The largest absolute Gasteiger partial charge is 0.465 e. The molecule has 1 amide bonds. The Morgan fingerprint density at radius 2 is 2.18 bits per heavy atom. The van der Waals surface area contributed by atoms with E-state index in [1.165, 1.54) is 9.78 Å². The first-order chi connectivity index (χ1) is 8.11. The molecular formula is C11H17N3O2S. The minimum Gasteiger partial charge on any atom is -0.465 e. The van der Waals surface area contributed by atoms with E-state index in [0.717, 1.165) is 17.6 Å². The number of amides is 1. The molecule has 1 aliphatic rings. The molecule has 0 aromatic carbocycles. The maximum Gasteiger partial charge on any atom is 0.407 e. The number of aryl methyl sites for hydroxylation is 1. The number of carbonyl (C=O) groups is 1. The van der Waals surface area contributed by atoms with Crippen molar-refractivity contribution in [3.63, 3.8) is 0 Å². The molecule has 1 saturated heterocycles. The average Bonchev–Trinajstić information content (AvgIpc) is 2.70. The second-order valence-corrected chi connectivity index (χ2v) is 5.34. The van der Waals surface area contributed by atoms with Gasteiger partial charge in [0.05, 0.1) is 0 Å². The van der Waals surface area contributed by atoms with E-state index in [1.54, 1.807) is 18.4 Å². The van der Waals surface area contributed by atoms with Gasteiger partial charge in [-0.05, 0) is 18.8 Å². The van der Waals surface area contributed by atoms with Crippen molar-refractivity contribution in [2.24, 2.45) is 12.0 Å². The summed E-state index contributed by atoms with van der Waals surface area (Å²) >= 11 is 1.71. The maximum absolute atomic E-state index is 10.8. The van der Waals surface area contributed by atoms with Crippen LogP contribution in [0.25, 0.3) is 0 Å². The highest BCUT2D eigenvalue weighted by molar-refractivity contribution is 7.09. The SMILES string of the molecule is CN=c1sc(C2CCN(C(=O)O)CC2)cn1C. The van der Waals surface area contributed by atoms with E-state index in [1.807, 2.05) is 11.6 Å². The average molecular weight is 255 g/mol. The molecule has 2 heterocycles. The van der Waals surface area contributed by atoms with Gasteiger partial charge in [0.25, 0.3) is 0 Å². The van der Waals surface area contributed by atoms with Crippen LogP contribution in [0.4, 0.5) is 4.79 Å². The second-order valence-electron chi connectivity index (χ2n) is 4.29. The zero-order valence-electron chi connectivity index (χ0n) is 10.1. The smallest absolute Gasteiger partial charge is 0.407 e. The Kier molecular flexibility index (Phi) is 3.51. The predicted octanol–water partition coefficient (Wildman–Crippen LogP) is 1.47. The highest BCUT2D eigenvalue weighted by Crippen LogP contribution is 2.29. The Balaban J connectivity index is 2.08. The van der Waals surface area contributed by atoms with Gasteiger partial charge in [-0.25, -0.2) is 4.79 Å². The summed E-state index contributed by atoms with van der Waals surface area (Å²) in [5.41, 5.74) is 0. The molecule has 1 aliphatic heterocycles. The van der Waals surface area contributed by atoms with Gasteiger partial charge in [0.2, 0.25) is 0 Å². The van der Waals surface area contributed by atoms with Gasteiger partial charge in [0, 0.05) is 38.3 Å². The number of piperidine rings is 1. The fourth-order valence-corrected chi connectivity index (χ4v) is 3.31. The van der Waals surface area contributed by atoms with Crippen molar-refractivity contribution >= 4 is 17.4 Å². The molecule has 0 atom stereocenters. The zero-order valence-corrected chi connectivity index (χ0v) is 10.9. The van der Waals surface area contributed by atoms with E-state index in [2.05, 4.69) is 11.2 Å². The minimum atomic E-state index is -0.801. The van der Waals surface area contributed by atoms with Crippen molar-refractivity contribution in [1.29, 1.82) is 0 Å². The van der Waals surface area contributed by atoms with Gasteiger partial charge in [-0.3, -0.25) is 4.99 Å². The number of likely N-dealkylation sites (tertiary alicyclic amines) is 1. The molecule has 0 bridgehead atoms. The molecule has 2 rings (SSSR count). The highest BCUT2D eigenvalue weighted by Gasteiger charge is 2.24. The molecular weight excluding hydrogens is 238 g/mol.